The first-order valence-corrected chi connectivity index (χ1v) is 10.1. The highest BCUT2D eigenvalue weighted by molar-refractivity contribution is 7.89. The molecule has 0 saturated heterocycles. The molecule has 2 heterocycles. The number of nitrogens with one attached hydrogen (secondary N) is 1. The molecule has 130 valence electrons. The molecule has 5 nitrogen and oxygen atoms in total. The van der Waals surface area contributed by atoms with Gasteiger partial charge in [-0.15, -0.1) is 11.3 Å². The molecule has 1 N–H and O–H groups in total. The second-order valence-corrected chi connectivity index (χ2v) is 8.00. The van der Waals surface area contributed by atoms with Gasteiger partial charge in [-0.1, -0.05) is 6.07 Å². The van der Waals surface area contributed by atoms with Gasteiger partial charge < -0.3 is 4.74 Å². The van der Waals surface area contributed by atoms with Gasteiger partial charge in [-0.3, -0.25) is 4.98 Å². The van der Waals surface area contributed by atoms with E-state index in [1.807, 2.05) is 30.5 Å². The number of rotatable bonds is 7. The first kappa shape index (κ1) is 17.6. The lowest BCUT2D eigenvalue weighted by atomic mass is 10.2. The Bertz CT molecular complexity index is 921. The summed E-state index contributed by atoms with van der Waals surface area (Å²) in [6.07, 6.45) is 3.44. The van der Waals surface area contributed by atoms with Crippen LogP contribution in [0.25, 0.3) is 10.4 Å². The van der Waals surface area contributed by atoms with Gasteiger partial charge in [-0.25, -0.2) is 13.1 Å². The molecule has 2 aromatic heterocycles. The van der Waals surface area contributed by atoms with Crippen LogP contribution in [0, 0.1) is 0 Å². The van der Waals surface area contributed by atoms with Crippen LogP contribution < -0.4 is 9.46 Å². The molecule has 3 rings (SSSR count). The number of sulfonamides is 1. The van der Waals surface area contributed by atoms with Crippen molar-refractivity contribution in [3.63, 3.8) is 0 Å². The third-order valence-electron chi connectivity index (χ3n) is 3.51. The average Bonchev–Trinajstić information content (AvgIpc) is 3.16. The summed E-state index contributed by atoms with van der Waals surface area (Å²) < 4.78 is 32.8. The summed E-state index contributed by atoms with van der Waals surface area (Å²) in [5.41, 5.74) is 1.79. The van der Waals surface area contributed by atoms with Crippen LogP contribution in [0.4, 0.5) is 0 Å². The van der Waals surface area contributed by atoms with Gasteiger partial charge in [-0.05, 0) is 54.3 Å². The first-order chi connectivity index (χ1) is 12.1. The van der Waals surface area contributed by atoms with Gasteiger partial charge in [0, 0.05) is 29.4 Å². The van der Waals surface area contributed by atoms with Gasteiger partial charge in [0.25, 0.3) is 0 Å². The quantitative estimate of drug-likeness (QED) is 0.685. The standard InChI is InChI=1S/C18H18N2O3S2/c1-2-23-16-5-7-17(8-6-16)25(21,22)20-12-14-10-15(13-19-11-14)18-4-3-9-24-18/h3-11,13,20H,2,12H2,1H3. The maximum absolute atomic E-state index is 12.4. The van der Waals surface area contributed by atoms with Crippen molar-refractivity contribution in [3.8, 4) is 16.2 Å². The van der Waals surface area contributed by atoms with Crippen molar-refractivity contribution in [1.29, 1.82) is 0 Å². The van der Waals surface area contributed by atoms with E-state index in [1.54, 1.807) is 35.9 Å². The molecule has 0 fully saturated rings. The van der Waals surface area contributed by atoms with Crippen LogP contribution in [-0.4, -0.2) is 20.0 Å². The molecule has 0 bridgehead atoms. The second-order valence-electron chi connectivity index (χ2n) is 5.29. The summed E-state index contributed by atoms with van der Waals surface area (Å²) in [6.45, 7) is 2.60. The van der Waals surface area contributed by atoms with Crippen molar-refractivity contribution < 1.29 is 13.2 Å². The molecule has 0 saturated carbocycles. The number of hydrogen-bond donors (Lipinski definition) is 1. The third kappa shape index (κ3) is 4.45. The maximum atomic E-state index is 12.4. The fourth-order valence-electron chi connectivity index (χ4n) is 2.31. The predicted molar refractivity (Wildman–Crippen MR) is 99.2 cm³/mol. The Hall–Kier alpha value is -2.22. The molecule has 0 radical (unpaired) electrons. The van der Waals surface area contributed by atoms with Crippen LogP contribution in [0.15, 0.2) is 65.1 Å². The van der Waals surface area contributed by atoms with Crippen LogP contribution >= 0.6 is 11.3 Å². The first-order valence-electron chi connectivity index (χ1n) is 7.79. The predicted octanol–water partition coefficient (Wildman–Crippen LogP) is 3.69. The summed E-state index contributed by atoms with van der Waals surface area (Å²) >= 11 is 1.62. The van der Waals surface area contributed by atoms with Gasteiger partial charge in [0.15, 0.2) is 0 Å². The molecule has 0 atom stereocenters. The van der Waals surface area contributed by atoms with Crippen molar-refractivity contribution in [1.82, 2.24) is 9.71 Å². The van der Waals surface area contributed by atoms with Crippen LogP contribution in [0.1, 0.15) is 12.5 Å². The van der Waals surface area contributed by atoms with Crippen LogP contribution in [-0.2, 0) is 16.6 Å². The van der Waals surface area contributed by atoms with Crippen LogP contribution in [0.2, 0.25) is 0 Å². The SMILES string of the molecule is CCOc1ccc(S(=O)(=O)NCc2cncc(-c3cccs3)c2)cc1. The van der Waals surface area contributed by atoms with Gasteiger partial charge in [0.2, 0.25) is 10.0 Å². The molecule has 0 aliphatic carbocycles. The van der Waals surface area contributed by atoms with Crippen molar-refractivity contribution in [2.24, 2.45) is 0 Å². The molecular weight excluding hydrogens is 356 g/mol. The molecule has 1 aromatic carbocycles. The molecule has 0 aliphatic rings. The van der Waals surface area contributed by atoms with E-state index < -0.39 is 10.0 Å². The zero-order valence-electron chi connectivity index (χ0n) is 13.7. The average molecular weight is 374 g/mol. The molecule has 25 heavy (non-hydrogen) atoms. The van der Waals surface area contributed by atoms with Crippen molar-refractivity contribution in [2.45, 2.75) is 18.4 Å². The van der Waals surface area contributed by atoms with Crippen LogP contribution in [0.3, 0.4) is 0 Å². The number of thiophene rings is 1. The van der Waals surface area contributed by atoms with E-state index in [0.29, 0.717) is 12.4 Å². The largest absolute Gasteiger partial charge is 0.494 e. The monoisotopic (exact) mass is 374 g/mol. The fourth-order valence-corrected chi connectivity index (χ4v) is 4.03. The van der Waals surface area contributed by atoms with Crippen molar-refractivity contribution >= 4 is 21.4 Å². The minimum atomic E-state index is -3.59. The highest BCUT2D eigenvalue weighted by atomic mass is 32.2. The Morgan fingerprint density at radius 2 is 1.96 bits per heavy atom. The summed E-state index contributed by atoms with van der Waals surface area (Å²) in [6, 6.07) is 12.3. The third-order valence-corrected chi connectivity index (χ3v) is 5.85. The Morgan fingerprint density at radius 1 is 1.16 bits per heavy atom. The molecule has 7 heteroatoms. The smallest absolute Gasteiger partial charge is 0.240 e. The molecule has 0 unspecified atom stereocenters. The number of aromatic nitrogens is 1. The number of pyridine rings is 1. The second kappa shape index (κ2) is 7.77. The van der Waals surface area contributed by atoms with E-state index >= 15 is 0 Å². The lowest BCUT2D eigenvalue weighted by Crippen LogP contribution is -2.23. The Kier molecular flexibility index (Phi) is 5.47. The van der Waals surface area contributed by atoms with E-state index in [-0.39, 0.29) is 11.4 Å². The van der Waals surface area contributed by atoms with E-state index in [9.17, 15) is 8.42 Å². The highest BCUT2D eigenvalue weighted by Crippen LogP contribution is 2.24. The summed E-state index contributed by atoms with van der Waals surface area (Å²) in [4.78, 5) is 5.51. The molecule has 0 spiro atoms. The fraction of sp³-hybridized carbons (Fsp3) is 0.167. The van der Waals surface area contributed by atoms with E-state index in [0.717, 1.165) is 16.0 Å². The van der Waals surface area contributed by atoms with Crippen LogP contribution in [0.5, 0.6) is 5.75 Å². The molecule has 0 amide bonds. The normalized spacial score (nSPS) is 11.4. The number of benzene rings is 1. The van der Waals surface area contributed by atoms with Gasteiger partial charge in [0.05, 0.1) is 11.5 Å². The van der Waals surface area contributed by atoms with Gasteiger partial charge in [-0.2, -0.15) is 0 Å². The minimum absolute atomic E-state index is 0.182. The van der Waals surface area contributed by atoms with Gasteiger partial charge in [0.1, 0.15) is 5.75 Å². The molecule has 0 aliphatic heterocycles. The Balaban J connectivity index is 1.71. The maximum Gasteiger partial charge on any atom is 0.240 e. The van der Waals surface area contributed by atoms with E-state index in [1.165, 1.54) is 12.1 Å². The number of ether oxygens (including phenoxy) is 1. The molecule has 3 aromatic rings. The summed E-state index contributed by atoms with van der Waals surface area (Å²) in [5, 5.41) is 2.00. The zero-order valence-corrected chi connectivity index (χ0v) is 15.3. The minimum Gasteiger partial charge on any atom is -0.494 e. The van der Waals surface area contributed by atoms with Crippen molar-refractivity contribution in [3.05, 3.63) is 65.8 Å². The Labute approximate surface area is 151 Å². The topological polar surface area (TPSA) is 68.3 Å². The van der Waals surface area contributed by atoms with E-state index in [4.69, 9.17) is 4.74 Å². The number of hydrogen-bond acceptors (Lipinski definition) is 5. The lowest BCUT2D eigenvalue weighted by molar-refractivity contribution is 0.340. The Morgan fingerprint density at radius 3 is 2.64 bits per heavy atom. The zero-order chi connectivity index (χ0) is 17.7. The molecular formula is C18H18N2O3S2. The highest BCUT2D eigenvalue weighted by Gasteiger charge is 2.14. The number of nitrogens with zero attached hydrogens (tertiary/aromatic N) is 1. The summed E-state index contributed by atoms with van der Waals surface area (Å²) in [5.74, 6) is 0.647. The lowest BCUT2D eigenvalue weighted by Gasteiger charge is -2.09. The van der Waals surface area contributed by atoms with Crippen molar-refractivity contribution in [2.75, 3.05) is 6.61 Å². The van der Waals surface area contributed by atoms with Gasteiger partial charge >= 0.3 is 0 Å². The summed E-state index contributed by atoms with van der Waals surface area (Å²) in [7, 11) is -3.59. The van der Waals surface area contributed by atoms with E-state index in [2.05, 4.69) is 9.71 Å².